The van der Waals surface area contributed by atoms with Crippen LogP contribution in [0.25, 0.3) is 11.4 Å². The van der Waals surface area contributed by atoms with E-state index in [1.165, 1.54) is 24.5 Å². The number of halogens is 3. The second-order valence-electron chi connectivity index (χ2n) is 6.07. The molecule has 0 spiro atoms. The summed E-state index contributed by atoms with van der Waals surface area (Å²) >= 11 is -1.50. The molecule has 0 aliphatic carbocycles. The van der Waals surface area contributed by atoms with Gasteiger partial charge in [-0.05, 0) is 37.3 Å². The number of anilines is 1. The van der Waals surface area contributed by atoms with Crippen LogP contribution in [0, 0.1) is 0 Å². The minimum Gasteiger partial charge on any atom is -0.606 e. The molecule has 0 fully saturated rings. The average molecular weight is 408 g/mol. The number of pyridine rings is 3. The Kier molecular flexibility index (Phi) is 5.28. The Morgan fingerprint density at radius 3 is 1.86 bits per heavy atom. The molecule has 0 aliphatic heterocycles. The molecular weight excluding hydrogens is 393 g/mol. The maximum absolute atomic E-state index is 12.9. The fourth-order valence-corrected chi connectivity index (χ4v) is 3.23. The highest BCUT2D eigenvalue weighted by Gasteiger charge is 2.51. The predicted octanol–water partition coefficient (Wildman–Crippen LogP) is 3.06. The van der Waals surface area contributed by atoms with Crippen LogP contribution < -0.4 is 5.73 Å². The molecule has 6 nitrogen and oxygen atoms in total. The van der Waals surface area contributed by atoms with E-state index in [1.54, 1.807) is 18.2 Å². The quantitative estimate of drug-likeness (QED) is 0.643. The molecule has 0 radical (unpaired) electrons. The fraction of sp³-hybridized carbons (Fsp3) is 0.167. The van der Waals surface area contributed by atoms with Crippen molar-refractivity contribution in [2.45, 2.75) is 28.5 Å². The molecule has 0 saturated heterocycles. The molecule has 10 heteroatoms. The Morgan fingerprint density at radius 2 is 1.43 bits per heavy atom. The van der Waals surface area contributed by atoms with Gasteiger partial charge in [0.05, 0.1) is 23.8 Å². The number of aliphatic hydroxyl groups is 1. The number of nitrogen functional groups attached to an aromatic ring is 1. The first-order valence-corrected chi connectivity index (χ1v) is 9.10. The molecule has 0 aliphatic rings. The van der Waals surface area contributed by atoms with Gasteiger partial charge in [-0.3, -0.25) is 4.98 Å². The highest BCUT2D eigenvalue weighted by atomic mass is 32.2. The lowest BCUT2D eigenvalue weighted by Crippen LogP contribution is -2.39. The lowest BCUT2D eigenvalue weighted by atomic mass is 9.97. The van der Waals surface area contributed by atoms with Crippen LogP contribution in [0.3, 0.4) is 0 Å². The Labute approximate surface area is 161 Å². The summed E-state index contributed by atoms with van der Waals surface area (Å²) in [5.41, 5.74) is 2.82. The minimum atomic E-state index is -4.82. The van der Waals surface area contributed by atoms with Crippen LogP contribution in [0.1, 0.15) is 12.5 Å². The highest BCUT2D eigenvalue weighted by molar-refractivity contribution is 7.91. The van der Waals surface area contributed by atoms with Crippen LogP contribution in [-0.2, 0) is 16.8 Å². The van der Waals surface area contributed by atoms with Crippen LogP contribution in [0.2, 0.25) is 0 Å². The first-order chi connectivity index (χ1) is 13.1. The van der Waals surface area contributed by atoms with Crippen molar-refractivity contribution in [3.63, 3.8) is 0 Å². The fourth-order valence-electron chi connectivity index (χ4n) is 2.28. The summed E-state index contributed by atoms with van der Waals surface area (Å²) in [6.07, 6.45) is -1.07. The summed E-state index contributed by atoms with van der Waals surface area (Å²) in [5.74, 6) is 0.313. The van der Waals surface area contributed by atoms with E-state index in [4.69, 9.17) is 5.73 Å². The zero-order valence-corrected chi connectivity index (χ0v) is 15.3. The van der Waals surface area contributed by atoms with E-state index in [-0.39, 0.29) is 5.56 Å². The molecular formula is C18H15F3N4O2S. The topological polar surface area (TPSA) is 108 Å². The Morgan fingerprint density at radius 1 is 0.893 bits per heavy atom. The van der Waals surface area contributed by atoms with Crippen LogP contribution in [0.15, 0.2) is 64.8 Å². The largest absolute Gasteiger partial charge is 0.606 e. The number of hydrogen-bond acceptors (Lipinski definition) is 6. The van der Waals surface area contributed by atoms with Gasteiger partial charge < -0.3 is 15.4 Å². The maximum Gasteiger partial charge on any atom is 0.421 e. The molecule has 0 bridgehead atoms. The van der Waals surface area contributed by atoms with E-state index < -0.39 is 23.0 Å². The SMILES string of the molecule is CC(O)(c1ccc(-c2ccc([S+]([O-])c3ccc(N)nc3)cn2)nc1)C(F)(F)F. The summed E-state index contributed by atoms with van der Waals surface area (Å²) in [6.45, 7) is 0.665. The Hall–Kier alpha value is -2.69. The van der Waals surface area contributed by atoms with E-state index in [9.17, 15) is 22.8 Å². The second-order valence-corrected chi connectivity index (χ2v) is 7.55. The lowest BCUT2D eigenvalue weighted by Gasteiger charge is -2.26. The first-order valence-electron chi connectivity index (χ1n) is 7.95. The molecule has 3 aromatic rings. The van der Waals surface area contributed by atoms with E-state index in [2.05, 4.69) is 15.0 Å². The third-order valence-electron chi connectivity index (χ3n) is 4.06. The third kappa shape index (κ3) is 3.93. The van der Waals surface area contributed by atoms with E-state index in [0.29, 0.717) is 33.9 Å². The number of nitrogens with zero attached hydrogens (tertiary/aromatic N) is 3. The first kappa shape index (κ1) is 20.1. The molecule has 2 unspecified atom stereocenters. The van der Waals surface area contributed by atoms with Gasteiger partial charge in [-0.1, -0.05) is 6.07 Å². The van der Waals surface area contributed by atoms with E-state index in [0.717, 1.165) is 12.3 Å². The van der Waals surface area contributed by atoms with Gasteiger partial charge >= 0.3 is 6.18 Å². The zero-order chi connectivity index (χ0) is 20.5. The number of nitrogens with two attached hydrogens (primary N) is 1. The number of alkyl halides is 3. The van der Waals surface area contributed by atoms with E-state index >= 15 is 0 Å². The van der Waals surface area contributed by atoms with Crippen LogP contribution in [0.5, 0.6) is 0 Å². The van der Waals surface area contributed by atoms with Crippen molar-refractivity contribution in [2.24, 2.45) is 0 Å². The zero-order valence-electron chi connectivity index (χ0n) is 14.5. The molecule has 0 aromatic carbocycles. The van der Waals surface area contributed by atoms with Gasteiger partial charge in [0, 0.05) is 22.9 Å². The summed E-state index contributed by atoms with van der Waals surface area (Å²) in [6, 6.07) is 8.75. The average Bonchev–Trinajstić information content (AvgIpc) is 2.67. The Balaban J connectivity index is 1.81. The van der Waals surface area contributed by atoms with E-state index in [1.807, 2.05) is 0 Å². The predicted molar refractivity (Wildman–Crippen MR) is 96.4 cm³/mol. The van der Waals surface area contributed by atoms with Gasteiger partial charge in [-0.25, -0.2) is 9.97 Å². The van der Waals surface area contributed by atoms with Crippen molar-refractivity contribution in [1.82, 2.24) is 15.0 Å². The van der Waals surface area contributed by atoms with Crippen LogP contribution >= 0.6 is 0 Å². The normalized spacial score (nSPS) is 15.1. The molecule has 3 rings (SSSR count). The maximum atomic E-state index is 12.9. The van der Waals surface area contributed by atoms with Gasteiger partial charge in [0.15, 0.2) is 15.4 Å². The summed E-state index contributed by atoms with van der Waals surface area (Å²) in [5, 5.41) is 9.68. The van der Waals surface area contributed by atoms with Crippen molar-refractivity contribution in [2.75, 3.05) is 5.73 Å². The van der Waals surface area contributed by atoms with Crippen molar-refractivity contribution >= 4 is 17.0 Å². The van der Waals surface area contributed by atoms with Crippen molar-refractivity contribution < 1.29 is 22.8 Å². The Bertz CT molecular complexity index is 947. The smallest absolute Gasteiger partial charge is 0.421 e. The molecule has 28 heavy (non-hydrogen) atoms. The summed E-state index contributed by atoms with van der Waals surface area (Å²) < 4.78 is 51.2. The molecule has 3 aromatic heterocycles. The molecule has 3 heterocycles. The van der Waals surface area contributed by atoms with Crippen LogP contribution in [0.4, 0.5) is 19.0 Å². The van der Waals surface area contributed by atoms with Gasteiger partial charge in [0.25, 0.3) is 0 Å². The molecule has 3 N–H and O–H groups in total. The van der Waals surface area contributed by atoms with Crippen LogP contribution in [-0.4, -0.2) is 30.8 Å². The molecule has 2 atom stereocenters. The monoisotopic (exact) mass is 408 g/mol. The molecule has 0 amide bonds. The van der Waals surface area contributed by atoms with Crippen molar-refractivity contribution in [3.8, 4) is 11.4 Å². The third-order valence-corrected chi connectivity index (χ3v) is 5.40. The second kappa shape index (κ2) is 7.38. The van der Waals surface area contributed by atoms with Gasteiger partial charge in [0.1, 0.15) is 5.82 Å². The van der Waals surface area contributed by atoms with Crippen molar-refractivity contribution in [3.05, 3.63) is 60.6 Å². The lowest BCUT2D eigenvalue weighted by molar-refractivity contribution is -0.259. The standard InChI is InChI=1S/C18H15F3N4O2S/c1-17(26,18(19,20)21)11-2-5-14(23-8-11)15-6-3-12(9-24-15)28(27)13-4-7-16(22)25-10-13/h2-10,26H,1H3,(H2,22,25). The highest BCUT2D eigenvalue weighted by Crippen LogP contribution is 2.38. The molecule has 146 valence electrons. The number of aromatic nitrogens is 3. The minimum absolute atomic E-state index is 0.313. The van der Waals surface area contributed by atoms with Gasteiger partial charge in [-0.2, -0.15) is 13.2 Å². The van der Waals surface area contributed by atoms with Crippen molar-refractivity contribution in [1.29, 1.82) is 0 Å². The summed E-state index contributed by atoms with van der Waals surface area (Å²) in [4.78, 5) is 12.9. The van der Waals surface area contributed by atoms with Gasteiger partial charge in [-0.15, -0.1) is 0 Å². The van der Waals surface area contributed by atoms with Gasteiger partial charge in [0.2, 0.25) is 0 Å². The molecule has 0 saturated carbocycles. The summed E-state index contributed by atoms with van der Waals surface area (Å²) in [7, 11) is 0. The number of hydrogen-bond donors (Lipinski definition) is 2. The number of rotatable bonds is 4.